The van der Waals surface area contributed by atoms with Gasteiger partial charge in [-0.3, -0.25) is 14.4 Å². The van der Waals surface area contributed by atoms with E-state index in [1.165, 1.54) is 19.2 Å². The van der Waals surface area contributed by atoms with Crippen molar-refractivity contribution in [2.24, 2.45) is 11.3 Å². The minimum Gasteiger partial charge on any atom is -0.496 e. The molecule has 10 nitrogen and oxygen atoms in total. The van der Waals surface area contributed by atoms with E-state index < -0.39 is 17.4 Å². The van der Waals surface area contributed by atoms with Gasteiger partial charge in [-0.15, -0.1) is 0 Å². The Balaban J connectivity index is 1.38. The van der Waals surface area contributed by atoms with E-state index in [0.717, 1.165) is 36.3 Å². The molecule has 2 fully saturated rings. The van der Waals surface area contributed by atoms with Crippen molar-refractivity contribution in [3.63, 3.8) is 0 Å². The number of nitrogens with zero attached hydrogens (tertiary/aromatic N) is 4. The van der Waals surface area contributed by atoms with E-state index in [1.54, 1.807) is 26.0 Å². The Hall–Kier alpha value is -3.76. The number of hydrogen-bond acceptors (Lipinski definition) is 9. The Morgan fingerprint density at radius 1 is 1.06 bits per heavy atom. The summed E-state index contributed by atoms with van der Waals surface area (Å²) in [6.07, 6.45) is 5.35. The Kier molecular flexibility index (Phi) is 10.7. The predicted octanol–water partition coefficient (Wildman–Crippen LogP) is 5.97. The average molecular weight is 663 g/mol. The standard InChI is InChI=1S/C36H47ClN6O4/c1-22(38-5)31(44)19-26(36(2,3)4)35(46)43-15-9-10-30(43)32(45)17-23-16-25-28(20-33(23)47-6)39-21-40-34(25)41-24-11-12-29(27(37)18-24)42-13-7-8-14-42/h11-12,16,18,20-22,26,30,38H,7-10,13-15,17,19H2,1-6H3,(H,39,40,41)/t22-,26+,30-/m0/s1. The van der Waals surface area contributed by atoms with E-state index in [-0.39, 0.29) is 36.4 Å². The highest BCUT2D eigenvalue weighted by molar-refractivity contribution is 6.33. The number of benzene rings is 2. The zero-order valence-corrected chi connectivity index (χ0v) is 29.1. The molecule has 5 rings (SSSR count). The van der Waals surface area contributed by atoms with Crippen LogP contribution in [0.5, 0.6) is 5.75 Å². The summed E-state index contributed by atoms with van der Waals surface area (Å²) in [5.74, 6) is 0.390. The van der Waals surface area contributed by atoms with Gasteiger partial charge in [0.2, 0.25) is 5.91 Å². The summed E-state index contributed by atoms with van der Waals surface area (Å²) in [6, 6.07) is 8.72. The number of ether oxygens (including phenoxy) is 1. The minimum atomic E-state index is -0.564. The van der Waals surface area contributed by atoms with Gasteiger partial charge >= 0.3 is 0 Å². The molecule has 0 spiro atoms. The lowest BCUT2D eigenvalue weighted by Crippen LogP contribution is -2.48. The maximum Gasteiger partial charge on any atom is 0.227 e. The van der Waals surface area contributed by atoms with E-state index >= 15 is 0 Å². The number of aromatic nitrogens is 2. The molecule has 2 aromatic carbocycles. The summed E-state index contributed by atoms with van der Waals surface area (Å²) in [5, 5.41) is 7.78. The SMILES string of the molecule is CN[C@@H](C)C(=O)C[C@H](C(=O)N1CCC[C@H]1C(=O)Cc1cc2c(Nc3ccc(N4CCCC4)c(Cl)c3)ncnc2cc1OC)C(C)(C)C. The molecule has 2 N–H and O–H groups in total. The molecule has 1 amide bonds. The van der Waals surface area contributed by atoms with Crippen LogP contribution < -0.4 is 20.3 Å². The molecular formula is C36H47ClN6O4. The van der Waals surface area contributed by atoms with Crippen molar-refractivity contribution in [3.05, 3.63) is 47.2 Å². The fourth-order valence-corrected chi connectivity index (χ4v) is 6.97. The van der Waals surface area contributed by atoms with Gasteiger partial charge in [0.15, 0.2) is 5.78 Å². The minimum absolute atomic E-state index is 0.0137. The summed E-state index contributed by atoms with van der Waals surface area (Å²) in [4.78, 5) is 53.8. The van der Waals surface area contributed by atoms with Crippen LogP contribution >= 0.6 is 11.6 Å². The van der Waals surface area contributed by atoms with Crippen molar-refractivity contribution >= 4 is 57.2 Å². The molecule has 3 atom stereocenters. The lowest BCUT2D eigenvalue weighted by atomic mass is 9.76. The molecule has 0 saturated carbocycles. The first-order valence-corrected chi connectivity index (χ1v) is 17.0. The van der Waals surface area contributed by atoms with Crippen LogP contribution in [0.3, 0.4) is 0 Å². The van der Waals surface area contributed by atoms with Crippen LogP contribution in [0.4, 0.5) is 17.2 Å². The second kappa shape index (κ2) is 14.6. The van der Waals surface area contributed by atoms with Crippen LogP contribution in [0.25, 0.3) is 10.9 Å². The highest BCUT2D eigenvalue weighted by Gasteiger charge is 2.42. The van der Waals surface area contributed by atoms with Crippen molar-refractivity contribution < 1.29 is 19.1 Å². The number of Topliss-reactive ketones (excluding diaryl/α,β-unsaturated/α-hetero) is 2. The molecule has 0 radical (unpaired) electrons. The summed E-state index contributed by atoms with van der Waals surface area (Å²) < 4.78 is 5.71. The number of ketones is 2. The average Bonchev–Trinajstić information content (AvgIpc) is 3.76. The number of likely N-dealkylation sites (tertiary alicyclic amines) is 1. The van der Waals surface area contributed by atoms with Crippen LogP contribution in [0.15, 0.2) is 36.7 Å². The molecule has 3 heterocycles. The van der Waals surface area contributed by atoms with Crippen molar-refractivity contribution in [2.75, 3.05) is 44.0 Å². The molecule has 0 aliphatic carbocycles. The van der Waals surface area contributed by atoms with Crippen LogP contribution in [0, 0.1) is 11.3 Å². The highest BCUT2D eigenvalue weighted by atomic mass is 35.5. The Labute approximate surface area is 282 Å². The molecule has 252 valence electrons. The van der Waals surface area contributed by atoms with Gasteiger partial charge in [-0.2, -0.15) is 0 Å². The van der Waals surface area contributed by atoms with Crippen LogP contribution in [0.1, 0.15) is 65.4 Å². The number of likely N-dealkylation sites (N-methyl/N-ethyl adjacent to an activating group) is 1. The Morgan fingerprint density at radius 2 is 1.81 bits per heavy atom. The van der Waals surface area contributed by atoms with Crippen molar-refractivity contribution in [1.82, 2.24) is 20.2 Å². The predicted molar refractivity (Wildman–Crippen MR) is 187 cm³/mol. The number of halogens is 1. The summed E-state index contributed by atoms with van der Waals surface area (Å²) in [7, 11) is 3.31. The fourth-order valence-electron chi connectivity index (χ4n) is 6.67. The number of hydrogen-bond donors (Lipinski definition) is 2. The molecule has 2 aliphatic rings. The second-order valence-corrected chi connectivity index (χ2v) is 14.2. The van der Waals surface area contributed by atoms with E-state index in [0.29, 0.717) is 40.6 Å². The van der Waals surface area contributed by atoms with Gasteiger partial charge in [0.05, 0.1) is 35.4 Å². The van der Waals surface area contributed by atoms with Gasteiger partial charge < -0.3 is 25.2 Å². The highest BCUT2D eigenvalue weighted by Crippen LogP contribution is 2.36. The third-order valence-corrected chi connectivity index (χ3v) is 9.93. The first-order chi connectivity index (χ1) is 22.4. The van der Waals surface area contributed by atoms with Gasteiger partial charge in [-0.05, 0) is 69.3 Å². The monoisotopic (exact) mass is 662 g/mol. The van der Waals surface area contributed by atoms with Gasteiger partial charge in [0, 0.05) is 61.1 Å². The molecule has 2 saturated heterocycles. The number of fused-ring (bicyclic) bond motifs is 1. The van der Waals surface area contributed by atoms with Crippen molar-refractivity contribution in [2.45, 2.75) is 78.3 Å². The van der Waals surface area contributed by atoms with E-state index in [9.17, 15) is 14.4 Å². The van der Waals surface area contributed by atoms with Crippen LogP contribution in [0.2, 0.25) is 5.02 Å². The van der Waals surface area contributed by atoms with Crippen LogP contribution in [-0.4, -0.2) is 78.2 Å². The maximum absolute atomic E-state index is 14.0. The number of nitrogens with one attached hydrogen (secondary N) is 2. The quantitative estimate of drug-likeness (QED) is 0.242. The first kappa shape index (κ1) is 34.6. The van der Waals surface area contributed by atoms with E-state index in [1.807, 2.05) is 51.1 Å². The van der Waals surface area contributed by atoms with Crippen molar-refractivity contribution in [3.8, 4) is 5.75 Å². The first-order valence-electron chi connectivity index (χ1n) is 16.6. The molecule has 1 aromatic heterocycles. The smallest absolute Gasteiger partial charge is 0.227 e. The van der Waals surface area contributed by atoms with Gasteiger partial charge in [-0.1, -0.05) is 32.4 Å². The van der Waals surface area contributed by atoms with Gasteiger partial charge in [0.1, 0.15) is 23.7 Å². The molecule has 0 bridgehead atoms. The van der Waals surface area contributed by atoms with E-state index in [4.69, 9.17) is 16.3 Å². The molecule has 47 heavy (non-hydrogen) atoms. The second-order valence-electron chi connectivity index (χ2n) is 13.8. The molecule has 11 heteroatoms. The lowest BCUT2D eigenvalue weighted by Gasteiger charge is -2.35. The zero-order valence-electron chi connectivity index (χ0n) is 28.4. The summed E-state index contributed by atoms with van der Waals surface area (Å²) >= 11 is 6.69. The van der Waals surface area contributed by atoms with Crippen LogP contribution in [-0.2, 0) is 20.8 Å². The number of amides is 1. The third kappa shape index (κ3) is 7.70. The van der Waals surface area contributed by atoms with Gasteiger partial charge in [-0.25, -0.2) is 9.97 Å². The third-order valence-electron chi connectivity index (χ3n) is 9.63. The zero-order chi connectivity index (χ0) is 33.9. The summed E-state index contributed by atoms with van der Waals surface area (Å²) in [5.41, 5.74) is 2.74. The summed E-state index contributed by atoms with van der Waals surface area (Å²) in [6.45, 7) is 10.2. The maximum atomic E-state index is 14.0. The van der Waals surface area contributed by atoms with E-state index in [2.05, 4.69) is 25.5 Å². The Morgan fingerprint density at radius 3 is 2.47 bits per heavy atom. The number of rotatable bonds is 12. The number of methoxy groups -OCH3 is 1. The number of anilines is 3. The molecule has 3 aromatic rings. The Bertz CT molecular complexity index is 1630. The molecule has 2 aliphatic heterocycles. The van der Waals surface area contributed by atoms with Gasteiger partial charge in [0.25, 0.3) is 0 Å². The fraction of sp³-hybridized carbons (Fsp3) is 0.528. The lowest BCUT2D eigenvalue weighted by molar-refractivity contribution is -0.145. The normalized spacial score (nSPS) is 18.0. The molecular weight excluding hydrogens is 616 g/mol. The molecule has 0 unspecified atom stereocenters. The number of carbonyl (C=O) groups is 3. The largest absolute Gasteiger partial charge is 0.496 e. The topological polar surface area (TPSA) is 117 Å². The number of carbonyl (C=O) groups excluding carboxylic acids is 3. The van der Waals surface area contributed by atoms with Crippen molar-refractivity contribution in [1.29, 1.82) is 0 Å².